The number of methoxy groups -OCH3 is 2. The molecule has 0 radical (unpaired) electrons. The lowest BCUT2D eigenvalue weighted by Crippen LogP contribution is -2.42. The number of hydrogen-bond acceptors (Lipinski definition) is 3. The van der Waals surface area contributed by atoms with E-state index in [9.17, 15) is 9.90 Å². The monoisotopic (exact) mass is 270 g/mol. The van der Waals surface area contributed by atoms with Gasteiger partial charge in [-0.15, -0.1) is 0 Å². The van der Waals surface area contributed by atoms with Gasteiger partial charge >= 0.3 is 5.97 Å². The molecule has 1 aliphatic carbocycles. The first kappa shape index (κ1) is 13.0. The molecular weight excluding hydrogens is 256 g/mol. The van der Waals surface area contributed by atoms with Gasteiger partial charge in [0.15, 0.2) is 0 Å². The van der Waals surface area contributed by atoms with Crippen LogP contribution in [0.5, 0.6) is 11.5 Å². The summed E-state index contributed by atoms with van der Waals surface area (Å²) in [5.41, 5.74) is -0.226. The topological polar surface area (TPSA) is 55.8 Å². The molecule has 1 fully saturated rings. The van der Waals surface area contributed by atoms with Crippen LogP contribution in [0.3, 0.4) is 0 Å². The van der Waals surface area contributed by atoms with Gasteiger partial charge in [-0.05, 0) is 18.9 Å². The predicted molar refractivity (Wildman–Crippen MR) is 67.7 cm³/mol. The van der Waals surface area contributed by atoms with Crippen LogP contribution in [0, 0.1) is 0 Å². The highest BCUT2D eigenvalue weighted by Crippen LogP contribution is 2.49. The molecular formula is C13H15ClO4. The van der Waals surface area contributed by atoms with Gasteiger partial charge in [0.25, 0.3) is 0 Å². The maximum Gasteiger partial charge on any atom is 0.314 e. The van der Waals surface area contributed by atoms with Gasteiger partial charge in [-0.2, -0.15) is 0 Å². The van der Waals surface area contributed by atoms with Crippen molar-refractivity contribution in [1.82, 2.24) is 0 Å². The van der Waals surface area contributed by atoms with E-state index >= 15 is 0 Å². The first-order valence-electron chi connectivity index (χ1n) is 5.70. The SMILES string of the molecule is COc1cc(OC)c(C2(C(=O)O)CCC2)cc1Cl. The summed E-state index contributed by atoms with van der Waals surface area (Å²) in [7, 11) is 3.02. The van der Waals surface area contributed by atoms with Crippen LogP contribution in [0.1, 0.15) is 24.8 Å². The first-order valence-corrected chi connectivity index (χ1v) is 6.08. The molecule has 1 aromatic carbocycles. The third-order valence-corrected chi connectivity index (χ3v) is 3.90. The number of carboxylic acid groups (broad SMARTS) is 1. The third kappa shape index (κ3) is 1.81. The Morgan fingerprint density at radius 1 is 1.28 bits per heavy atom. The highest BCUT2D eigenvalue weighted by Gasteiger charge is 2.48. The van der Waals surface area contributed by atoms with E-state index < -0.39 is 11.4 Å². The molecule has 98 valence electrons. The molecule has 4 nitrogen and oxygen atoms in total. The number of rotatable bonds is 4. The molecule has 0 aromatic heterocycles. The van der Waals surface area contributed by atoms with E-state index in [2.05, 4.69) is 0 Å². The Morgan fingerprint density at radius 3 is 2.28 bits per heavy atom. The Bertz CT molecular complexity index is 480. The number of aliphatic carboxylic acids is 1. The number of benzene rings is 1. The van der Waals surface area contributed by atoms with Crippen molar-refractivity contribution in [2.75, 3.05) is 14.2 Å². The lowest BCUT2D eigenvalue weighted by atomic mass is 9.64. The van der Waals surface area contributed by atoms with Crippen LogP contribution in [0.4, 0.5) is 0 Å². The number of hydrogen-bond donors (Lipinski definition) is 1. The fraction of sp³-hybridized carbons (Fsp3) is 0.462. The van der Waals surface area contributed by atoms with Crippen LogP contribution in [-0.4, -0.2) is 25.3 Å². The minimum atomic E-state index is -0.860. The van der Waals surface area contributed by atoms with Crippen LogP contribution >= 0.6 is 11.6 Å². The van der Waals surface area contributed by atoms with Gasteiger partial charge in [0.05, 0.1) is 24.7 Å². The molecule has 0 aliphatic heterocycles. The van der Waals surface area contributed by atoms with Crippen LogP contribution < -0.4 is 9.47 Å². The molecule has 18 heavy (non-hydrogen) atoms. The van der Waals surface area contributed by atoms with Crippen LogP contribution in [0.15, 0.2) is 12.1 Å². The summed E-state index contributed by atoms with van der Waals surface area (Å²) in [6.07, 6.45) is 2.13. The minimum Gasteiger partial charge on any atom is -0.496 e. The maximum atomic E-state index is 11.5. The van der Waals surface area contributed by atoms with Gasteiger partial charge in [0.2, 0.25) is 0 Å². The van der Waals surface area contributed by atoms with Crippen molar-refractivity contribution in [1.29, 1.82) is 0 Å². The normalized spacial score (nSPS) is 16.8. The maximum absolute atomic E-state index is 11.5. The number of halogens is 1. The van der Waals surface area contributed by atoms with E-state index in [-0.39, 0.29) is 0 Å². The van der Waals surface area contributed by atoms with Gasteiger partial charge < -0.3 is 14.6 Å². The largest absolute Gasteiger partial charge is 0.496 e. The summed E-state index contributed by atoms with van der Waals surface area (Å²) in [6.45, 7) is 0. The van der Waals surface area contributed by atoms with E-state index in [4.69, 9.17) is 21.1 Å². The van der Waals surface area contributed by atoms with Crippen molar-refractivity contribution < 1.29 is 19.4 Å². The summed E-state index contributed by atoms with van der Waals surface area (Å²) in [5.74, 6) is 0.170. The average Bonchev–Trinajstić information content (AvgIpc) is 2.27. The molecule has 1 saturated carbocycles. The summed E-state index contributed by atoms with van der Waals surface area (Å²) in [4.78, 5) is 11.5. The van der Waals surface area contributed by atoms with Gasteiger partial charge in [-0.25, -0.2) is 0 Å². The second-order valence-corrected chi connectivity index (χ2v) is 4.84. The predicted octanol–water partition coefficient (Wildman–Crippen LogP) is 2.86. The van der Waals surface area contributed by atoms with E-state index in [1.165, 1.54) is 14.2 Å². The number of carbonyl (C=O) groups is 1. The summed E-state index contributed by atoms with van der Waals surface area (Å²) >= 11 is 6.08. The second-order valence-electron chi connectivity index (χ2n) is 4.43. The van der Waals surface area contributed by atoms with E-state index in [0.29, 0.717) is 34.9 Å². The molecule has 0 amide bonds. The molecule has 0 saturated heterocycles. The van der Waals surface area contributed by atoms with Crippen LogP contribution in [-0.2, 0) is 10.2 Å². The molecule has 1 aliphatic rings. The van der Waals surface area contributed by atoms with Crippen molar-refractivity contribution in [3.8, 4) is 11.5 Å². The van der Waals surface area contributed by atoms with Crippen molar-refractivity contribution in [3.63, 3.8) is 0 Å². The van der Waals surface area contributed by atoms with Gasteiger partial charge in [-0.3, -0.25) is 4.79 Å². The van der Waals surface area contributed by atoms with Gasteiger partial charge in [0, 0.05) is 11.6 Å². The molecule has 5 heteroatoms. The lowest BCUT2D eigenvalue weighted by Gasteiger charge is -2.39. The van der Waals surface area contributed by atoms with Crippen molar-refractivity contribution >= 4 is 17.6 Å². The Morgan fingerprint density at radius 2 is 1.89 bits per heavy atom. The smallest absolute Gasteiger partial charge is 0.314 e. The third-order valence-electron chi connectivity index (χ3n) is 3.61. The molecule has 0 spiro atoms. The molecule has 1 aromatic rings. The highest BCUT2D eigenvalue weighted by molar-refractivity contribution is 6.32. The summed E-state index contributed by atoms with van der Waals surface area (Å²) in [5, 5.41) is 9.85. The molecule has 1 N–H and O–H groups in total. The quantitative estimate of drug-likeness (QED) is 0.914. The molecule has 0 heterocycles. The molecule has 2 rings (SSSR count). The number of ether oxygens (including phenoxy) is 2. The van der Waals surface area contributed by atoms with Gasteiger partial charge in [-0.1, -0.05) is 18.0 Å². The standard InChI is InChI=1S/C13H15ClO4/c1-17-10-7-11(18-2)9(14)6-8(10)13(12(15)16)4-3-5-13/h6-7H,3-5H2,1-2H3,(H,15,16). The van der Waals surface area contributed by atoms with Crippen LogP contribution in [0.2, 0.25) is 5.02 Å². The van der Waals surface area contributed by atoms with E-state index in [0.717, 1.165) is 6.42 Å². The van der Waals surface area contributed by atoms with Crippen molar-refractivity contribution in [3.05, 3.63) is 22.7 Å². The Kier molecular flexibility index (Phi) is 3.39. The Labute approximate surface area is 110 Å². The Balaban J connectivity index is 2.56. The fourth-order valence-corrected chi connectivity index (χ4v) is 2.60. The zero-order chi connectivity index (χ0) is 13.3. The average molecular weight is 271 g/mol. The highest BCUT2D eigenvalue weighted by atomic mass is 35.5. The molecule has 0 unspecified atom stereocenters. The van der Waals surface area contributed by atoms with Gasteiger partial charge in [0.1, 0.15) is 11.5 Å². The van der Waals surface area contributed by atoms with Crippen LogP contribution in [0.25, 0.3) is 0 Å². The summed E-state index contributed by atoms with van der Waals surface area (Å²) < 4.78 is 10.4. The lowest BCUT2D eigenvalue weighted by molar-refractivity contribution is -0.147. The molecule has 0 bridgehead atoms. The summed E-state index contributed by atoms with van der Waals surface area (Å²) in [6, 6.07) is 3.28. The van der Waals surface area contributed by atoms with E-state index in [1.54, 1.807) is 12.1 Å². The van der Waals surface area contributed by atoms with Crippen molar-refractivity contribution in [2.24, 2.45) is 0 Å². The fourth-order valence-electron chi connectivity index (χ4n) is 2.36. The zero-order valence-electron chi connectivity index (χ0n) is 10.3. The minimum absolute atomic E-state index is 0.404. The molecule has 0 atom stereocenters. The van der Waals surface area contributed by atoms with Crippen molar-refractivity contribution in [2.45, 2.75) is 24.7 Å². The number of carboxylic acids is 1. The second kappa shape index (κ2) is 4.69. The van der Waals surface area contributed by atoms with E-state index in [1.807, 2.05) is 0 Å². The Hall–Kier alpha value is -1.42. The zero-order valence-corrected chi connectivity index (χ0v) is 11.1. The first-order chi connectivity index (χ1) is 8.55.